The zero-order valence-electron chi connectivity index (χ0n) is 14.7. The van der Waals surface area contributed by atoms with E-state index in [1.807, 2.05) is 17.3 Å². The molecule has 1 saturated heterocycles. The predicted molar refractivity (Wildman–Crippen MR) is 93.1 cm³/mol. The molecule has 2 fully saturated rings. The first-order valence-corrected chi connectivity index (χ1v) is 9.33. The third-order valence-corrected chi connectivity index (χ3v) is 5.29. The van der Waals surface area contributed by atoms with Crippen LogP contribution in [-0.2, 0) is 11.3 Å². The van der Waals surface area contributed by atoms with E-state index in [4.69, 9.17) is 4.74 Å². The Labute approximate surface area is 144 Å². The number of carbonyl (C=O) groups is 1. The molecule has 134 valence electrons. The number of urea groups is 1. The highest BCUT2D eigenvalue weighted by Gasteiger charge is 2.28. The van der Waals surface area contributed by atoms with Crippen molar-refractivity contribution in [3.05, 3.63) is 18.2 Å². The molecule has 1 saturated carbocycles. The van der Waals surface area contributed by atoms with Crippen LogP contribution >= 0.6 is 0 Å². The fraction of sp³-hybridized carbons (Fsp3) is 0.778. The topological polar surface area (TPSA) is 59.4 Å². The molecule has 0 radical (unpaired) electrons. The van der Waals surface area contributed by atoms with Gasteiger partial charge in [-0.15, -0.1) is 0 Å². The van der Waals surface area contributed by atoms with Crippen molar-refractivity contribution in [2.45, 2.75) is 63.5 Å². The second kappa shape index (κ2) is 8.51. The molecule has 1 aromatic rings. The summed E-state index contributed by atoms with van der Waals surface area (Å²) in [4.78, 5) is 19.1. The summed E-state index contributed by atoms with van der Waals surface area (Å²) >= 11 is 0. The molecule has 6 nitrogen and oxygen atoms in total. The Bertz CT molecular complexity index is 525. The van der Waals surface area contributed by atoms with E-state index < -0.39 is 0 Å². The third-order valence-electron chi connectivity index (χ3n) is 5.29. The van der Waals surface area contributed by atoms with Gasteiger partial charge in [0.05, 0.1) is 6.61 Å². The molecule has 1 N–H and O–H groups in total. The van der Waals surface area contributed by atoms with Crippen molar-refractivity contribution in [1.82, 2.24) is 19.8 Å². The molecule has 6 heteroatoms. The Balaban J connectivity index is 1.57. The van der Waals surface area contributed by atoms with Gasteiger partial charge in [0.2, 0.25) is 0 Å². The Kier molecular flexibility index (Phi) is 6.12. The number of rotatable bonds is 5. The Morgan fingerprint density at radius 1 is 1.29 bits per heavy atom. The third kappa shape index (κ3) is 4.29. The highest BCUT2D eigenvalue weighted by atomic mass is 16.5. The lowest BCUT2D eigenvalue weighted by atomic mass is 9.95. The zero-order valence-corrected chi connectivity index (χ0v) is 14.7. The van der Waals surface area contributed by atoms with Gasteiger partial charge in [0, 0.05) is 51.1 Å². The van der Waals surface area contributed by atoms with E-state index >= 15 is 0 Å². The number of imidazole rings is 1. The van der Waals surface area contributed by atoms with Crippen LogP contribution in [0.5, 0.6) is 0 Å². The number of piperidine rings is 1. The average molecular weight is 334 g/mol. The van der Waals surface area contributed by atoms with Crippen LogP contribution in [0.15, 0.2) is 12.4 Å². The SMILES string of the molecule is COCCn1ccnc1C1CCCN(C(=O)NC2CCCCC2)C1. The van der Waals surface area contributed by atoms with E-state index in [0.717, 1.165) is 51.1 Å². The first-order valence-electron chi connectivity index (χ1n) is 9.33. The summed E-state index contributed by atoms with van der Waals surface area (Å²) in [6.07, 6.45) is 12.0. The van der Waals surface area contributed by atoms with E-state index in [0.29, 0.717) is 18.6 Å². The lowest BCUT2D eigenvalue weighted by Crippen LogP contribution is -2.48. The van der Waals surface area contributed by atoms with Crippen molar-refractivity contribution in [3.8, 4) is 0 Å². The number of methoxy groups -OCH3 is 1. The fourth-order valence-electron chi connectivity index (χ4n) is 3.94. The summed E-state index contributed by atoms with van der Waals surface area (Å²) in [5, 5.41) is 3.24. The van der Waals surface area contributed by atoms with Gasteiger partial charge < -0.3 is 19.5 Å². The van der Waals surface area contributed by atoms with Gasteiger partial charge in [0.1, 0.15) is 5.82 Å². The van der Waals surface area contributed by atoms with Crippen molar-refractivity contribution < 1.29 is 9.53 Å². The molecule has 1 aliphatic carbocycles. The van der Waals surface area contributed by atoms with E-state index in [1.165, 1.54) is 19.3 Å². The molecular formula is C18H30N4O2. The minimum absolute atomic E-state index is 0.113. The van der Waals surface area contributed by atoms with Crippen LogP contribution < -0.4 is 5.32 Å². The Hall–Kier alpha value is -1.56. The van der Waals surface area contributed by atoms with Crippen LogP contribution in [-0.4, -0.2) is 53.3 Å². The average Bonchev–Trinajstić information content (AvgIpc) is 3.09. The Morgan fingerprint density at radius 2 is 2.12 bits per heavy atom. The van der Waals surface area contributed by atoms with Gasteiger partial charge >= 0.3 is 6.03 Å². The molecule has 24 heavy (non-hydrogen) atoms. The molecule has 0 aromatic carbocycles. The minimum atomic E-state index is 0.113. The number of hydrogen-bond acceptors (Lipinski definition) is 3. The van der Waals surface area contributed by atoms with Gasteiger partial charge in [-0.25, -0.2) is 9.78 Å². The van der Waals surface area contributed by atoms with Crippen molar-refractivity contribution in [2.24, 2.45) is 0 Å². The normalized spacial score (nSPS) is 22.5. The quantitative estimate of drug-likeness (QED) is 0.901. The molecule has 2 amide bonds. The second-order valence-corrected chi connectivity index (χ2v) is 7.04. The molecule has 3 rings (SSSR count). The maximum atomic E-state index is 12.6. The molecule has 2 aliphatic rings. The minimum Gasteiger partial charge on any atom is -0.383 e. The van der Waals surface area contributed by atoms with Crippen molar-refractivity contribution in [3.63, 3.8) is 0 Å². The van der Waals surface area contributed by atoms with Crippen LogP contribution in [0.1, 0.15) is 56.7 Å². The predicted octanol–water partition coefficient (Wildman–Crippen LogP) is 2.75. The lowest BCUT2D eigenvalue weighted by molar-refractivity contribution is 0.168. The summed E-state index contributed by atoms with van der Waals surface area (Å²) in [5.41, 5.74) is 0. The number of nitrogens with one attached hydrogen (secondary N) is 1. The monoisotopic (exact) mass is 334 g/mol. The van der Waals surface area contributed by atoms with E-state index in [2.05, 4.69) is 14.9 Å². The van der Waals surface area contributed by atoms with Crippen LogP contribution in [0.3, 0.4) is 0 Å². The first-order chi connectivity index (χ1) is 11.8. The van der Waals surface area contributed by atoms with Gasteiger partial charge in [-0.1, -0.05) is 19.3 Å². The first kappa shape index (κ1) is 17.3. The molecule has 1 aromatic heterocycles. The second-order valence-electron chi connectivity index (χ2n) is 7.04. The highest BCUT2D eigenvalue weighted by molar-refractivity contribution is 5.74. The van der Waals surface area contributed by atoms with Gasteiger partial charge in [-0.05, 0) is 25.7 Å². The molecule has 2 heterocycles. The largest absolute Gasteiger partial charge is 0.383 e. The van der Waals surface area contributed by atoms with E-state index in [1.54, 1.807) is 7.11 Å². The molecule has 1 unspecified atom stereocenters. The van der Waals surface area contributed by atoms with Crippen molar-refractivity contribution in [1.29, 1.82) is 0 Å². The van der Waals surface area contributed by atoms with Crippen molar-refractivity contribution in [2.75, 3.05) is 26.8 Å². The standard InChI is InChI=1S/C18H30N4O2/c1-24-13-12-21-11-9-19-17(21)15-6-5-10-22(14-15)18(23)20-16-7-3-2-4-8-16/h9,11,15-16H,2-8,10,12-14H2,1H3,(H,20,23). The zero-order chi connectivity index (χ0) is 16.8. The maximum Gasteiger partial charge on any atom is 0.317 e. The summed E-state index contributed by atoms with van der Waals surface area (Å²) in [6.45, 7) is 3.12. The molecule has 1 atom stereocenters. The summed E-state index contributed by atoms with van der Waals surface area (Å²) in [7, 11) is 1.72. The van der Waals surface area contributed by atoms with Crippen LogP contribution in [0.25, 0.3) is 0 Å². The fourth-order valence-corrected chi connectivity index (χ4v) is 3.94. The van der Waals surface area contributed by atoms with Gasteiger partial charge in [0.15, 0.2) is 0 Å². The van der Waals surface area contributed by atoms with Gasteiger partial charge in [0.25, 0.3) is 0 Å². The number of carbonyl (C=O) groups excluding carboxylic acids is 1. The number of ether oxygens (including phenoxy) is 1. The molecule has 0 bridgehead atoms. The number of hydrogen-bond donors (Lipinski definition) is 1. The number of nitrogens with zero attached hydrogens (tertiary/aromatic N) is 3. The molecule has 1 aliphatic heterocycles. The number of aromatic nitrogens is 2. The smallest absolute Gasteiger partial charge is 0.317 e. The summed E-state index contributed by atoms with van der Waals surface area (Å²) in [6, 6.07) is 0.483. The van der Waals surface area contributed by atoms with E-state index in [-0.39, 0.29) is 6.03 Å². The van der Waals surface area contributed by atoms with Crippen LogP contribution in [0, 0.1) is 0 Å². The maximum absolute atomic E-state index is 12.6. The molecular weight excluding hydrogens is 304 g/mol. The van der Waals surface area contributed by atoms with Gasteiger partial charge in [-0.2, -0.15) is 0 Å². The van der Waals surface area contributed by atoms with Crippen LogP contribution in [0.4, 0.5) is 4.79 Å². The summed E-state index contributed by atoms with van der Waals surface area (Å²) in [5.74, 6) is 1.41. The highest BCUT2D eigenvalue weighted by Crippen LogP contribution is 2.26. The number of amides is 2. The number of likely N-dealkylation sites (tertiary alicyclic amines) is 1. The van der Waals surface area contributed by atoms with Crippen LogP contribution in [0.2, 0.25) is 0 Å². The van der Waals surface area contributed by atoms with Crippen molar-refractivity contribution >= 4 is 6.03 Å². The lowest BCUT2D eigenvalue weighted by Gasteiger charge is -2.34. The van der Waals surface area contributed by atoms with Gasteiger partial charge in [-0.3, -0.25) is 0 Å². The molecule has 0 spiro atoms. The Morgan fingerprint density at radius 3 is 2.92 bits per heavy atom. The van der Waals surface area contributed by atoms with E-state index in [9.17, 15) is 4.79 Å². The summed E-state index contributed by atoms with van der Waals surface area (Å²) < 4.78 is 7.34.